The van der Waals surface area contributed by atoms with Crippen molar-refractivity contribution >= 4 is 21.7 Å². The SMILES string of the molecule is c1ccc(-c2[nH]c(-c3ccc4ncccc4c3)nc2-c2ccc3ccccc3c2)cc1. The molecular formula is C28H19N3. The van der Waals surface area contributed by atoms with E-state index in [0.717, 1.165) is 44.8 Å². The van der Waals surface area contributed by atoms with Gasteiger partial charge in [0.25, 0.3) is 0 Å². The van der Waals surface area contributed by atoms with Gasteiger partial charge in [-0.2, -0.15) is 0 Å². The Hall–Kier alpha value is -4.24. The normalized spacial score (nSPS) is 11.2. The summed E-state index contributed by atoms with van der Waals surface area (Å²) in [6.07, 6.45) is 1.82. The van der Waals surface area contributed by atoms with E-state index in [9.17, 15) is 0 Å². The van der Waals surface area contributed by atoms with Crippen LogP contribution in [0.2, 0.25) is 0 Å². The summed E-state index contributed by atoms with van der Waals surface area (Å²) in [7, 11) is 0. The summed E-state index contributed by atoms with van der Waals surface area (Å²) in [6, 6.07) is 35.6. The standard InChI is InChI=1S/C28H19N3/c1-2-8-20(9-3-1)26-27(23-13-12-19-7-4-5-10-21(19)17-23)31-28(30-26)24-14-15-25-22(18-24)11-6-16-29-25/h1-18H,(H,30,31). The molecule has 0 spiro atoms. The van der Waals surface area contributed by atoms with E-state index in [4.69, 9.17) is 4.98 Å². The number of aromatic amines is 1. The maximum Gasteiger partial charge on any atom is 0.138 e. The van der Waals surface area contributed by atoms with Crippen LogP contribution in [0, 0.1) is 0 Å². The lowest BCUT2D eigenvalue weighted by Crippen LogP contribution is -1.84. The lowest BCUT2D eigenvalue weighted by Gasteiger charge is -2.05. The molecule has 0 saturated carbocycles. The van der Waals surface area contributed by atoms with Crippen LogP contribution in [-0.2, 0) is 0 Å². The first-order chi connectivity index (χ1) is 15.3. The zero-order valence-corrected chi connectivity index (χ0v) is 16.8. The molecule has 0 aliphatic heterocycles. The molecule has 6 rings (SSSR count). The number of imidazole rings is 1. The number of nitrogens with zero attached hydrogens (tertiary/aromatic N) is 2. The largest absolute Gasteiger partial charge is 0.337 e. The van der Waals surface area contributed by atoms with Crippen LogP contribution in [0.25, 0.3) is 55.6 Å². The fourth-order valence-electron chi connectivity index (χ4n) is 4.09. The van der Waals surface area contributed by atoms with Gasteiger partial charge in [0, 0.05) is 28.3 Å². The van der Waals surface area contributed by atoms with Gasteiger partial charge < -0.3 is 4.98 Å². The van der Waals surface area contributed by atoms with Gasteiger partial charge in [0.15, 0.2) is 0 Å². The molecule has 0 fully saturated rings. The van der Waals surface area contributed by atoms with E-state index < -0.39 is 0 Å². The van der Waals surface area contributed by atoms with Crippen molar-refractivity contribution in [3.8, 4) is 33.9 Å². The molecule has 0 amide bonds. The monoisotopic (exact) mass is 397 g/mol. The third-order valence-electron chi connectivity index (χ3n) is 5.67. The molecule has 6 aromatic rings. The molecule has 0 bridgehead atoms. The van der Waals surface area contributed by atoms with Gasteiger partial charge in [-0.1, -0.05) is 72.8 Å². The minimum absolute atomic E-state index is 0.854. The second kappa shape index (κ2) is 7.22. The van der Waals surface area contributed by atoms with Crippen LogP contribution >= 0.6 is 0 Å². The van der Waals surface area contributed by atoms with E-state index in [1.807, 2.05) is 24.4 Å². The quantitative estimate of drug-likeness (QED) is 0.346. The summed E-state index contributed by atoms with van der Waals surface area (Å²) < 4.78 is 0. The van der Waals surface area contributed by atoms with Gasteiger partial charge in [-0.3, -0.25) is 4.98 Å². The fourth-order valence-corrected chi connectivity index (χ4v) is 4.09. The van der Waals surface area contributed by atoms with Gasteiger partial charge in [0.1, 0.15) is 5.82 Å². The first-order valence-electron chi connectivity index (χ1n) is 10.3. The molecule has 0 aliphatic carbocycles. The van der Waals surface area contributed by atoms with Gasteiger partial charge in [-0.25, -0.2) is 4.98 Å². The van der Waals surface area contributed by atoms with E-state index in [-0.39, 0.29) is 0 Å². The average molecular weight is 397 g/mol. The molecule has 0 saturated heterocycles. The van der Waals surface area contributed by atoms with Crippen molar-refractivity contribution in [3.05, 3.63) is 109 Å². The Morgan fingerprint density at radius 1 is 0.548 bits per heavy atom. The summed E-state index contributed by atoms with van der Waals surface area (Å²) in [5, 5.41) is 3.54. The Morgan fingerprint density at radius 3 is 2.19 bits per heavy atom. The average Bonchev–Trinajstić information content (AvgIpc) is 3.30. The topological polar surface area (TPSA) is 41.6 Å². The summed E-state index contributed by atoms with van der Waals surface area (Å²) in [5.74, 6) is 0.854. The maximum atomic E-state index is 5.06. The Labute approximate surface area is 180 Å². The van der Waals surface area contributed by atoms with E-state index in [1.165, 1.54) is 10.8 Å². The molecular weight excluding hydrogens is 378 g/mol. The zero-order chi connectivity index (χ0) is 20.6. The van der Waals surface area contributed by atoms with Crippen molar-refractivity contribution in [2.45, 2.75) is 0 Å². The number of pyridine rings is 1. The van der Waals surface area contributed by atoms with Crippen LogP contribution < -0.4 is 0 Å². The number of aromatic nitrogens is 3. The predicted molar refractivity (Wildman–Crippen MR) is 128 cm³/mol. The van der Waals surface area contributed by atoms with Crippen LogP contribution in [-0.4, -0.2) is 15.0 Å². The maximum absolute atomic E-state index is 5.06. The van der Waals surface area contributed by atoms with Crippen molar-refractivity contribution in [1.82, 2.24) is 15.0 Å². The molecule has 146 valence electrons. The molecule has 0 radical (unpaired) electrons. The molecule has 0 unspecified atom stereocenters. The van der Waals surface area contributed by atoms with Crippen molar-refractivity contribution < 1.29 is 0 Å². The Bertz CT molecular complexity index is 1530. The van der Waals surface area contributed by atoms with Gasteiger partial charge in [0.2, 0.25) is 0 Å². The molecule has 1 N–H and O–H groups in total. The van der Waals surface area contributed by atoms with Gasteiger partial charge in [-0.05, 0) is 41.1 Å². The number of fused-ring (bicyclic) bond motifs is 2. The van der Waals surface area contributed by atoms with Crippen molar-refractivity contribution in [3.63, 3.8) is 0 Å². The van der Waals surface area contributed by atoms with E-state index >= 15 is 0 Å². The number of nitrogens with one attached hydrogen (secondary N) is 1. The molecule has 3 nitrogen and oxygen atoms in total. The van der Waals surface area contributed by atoms with E-state index in [1.54, 1.807) is 0 Å². The Morgan fingerprint density at radius 2 is 1.29 bits per heavy atom. The number of benzene rings is 4. The second-order valence-corrected chi connectivity index (χ2v) is 7.65. The summed E-state index contributed by atoms with van der Waals surface area (Å²) in [4.78, 5) is 13.1. The fraction of sp³-hybridized carbons (Fsp3) is 0. The minimum Gasteiger partial charge on any atom is -0.337 e. The third-order valence-corrected chi connectivity index (χ3v) is 5.67. The minimum atomic E-state index is 0.854. The number of rotatable bonds is 3. The lowest BCUT2D eigenvalue weighted by molar-refractivity contribution is 1.31. The smallest absolute Gasteiger partial charge is 0.138 e. The molecule has 2 heterocycles. The van der Waals surface area contributed by atoms with Crippen LogP contribution in [0.4, 0.5) is 0 Å². The summed E-state index contributed by atoms with van der Waals surface area (Å²) >= 11 is 0. The van der Waals surface area contributed by atoms with Crippen molar-refractivity contribution in [2.75, 3.05) is 0 Å². The predicted octanol–water partition coefficient (Wildman–Crippen LogP) is 7.11. The number of hydrogen-bond acceptors (Lipinski definition) is 2. The highest BCUT2D eigenvalue weighted by Gasteiger charge is 2.16. The summed E-state index contributed by atoms with van der Waals surface area (Å²) in [5.41, 5.74) is 6.23. The Kier molecular flexibility index (Phi) is 4.10. The van der Waals surface area contributed by atoms with Crippen LogP contribution in [0.5, 0.6) is 0 Å². The van der Waals surface area contributed by atoms with Crippen LogP contribution in [0.3, 0.4) is 0 Å². The number of hydrogen-bond donors (Lipinski definition) is 1. The zero-order valence-electron chi connectivity index (χ0n) is 16.8. The van der Waals surface area contributed by atoms with Crippen molar-refractivity contribution in [2.24, 2.45) is 0 Å². The summed E-state index contributed by atoms with van der Waals surface area (Å²) in [6.45, 7) is 0. The molecule has 2 aromatic heterocycles. The van der Waals surface area contributed by atoms with E-state index in [0.29, 0.717) is 0 Å². The highest BCUT2D eigenvalue weighted by atomic mass is 14.9. The molecule has 4 aromatic carbocycles. The molecule has 0 aliphatic rings. The lowest BCUT2D eigenvalue weighted by atomic mass is 10.0. The Balaban J connectivity index is 1.56. The highest BCUT2D eigenvalue weighted by molar-refractivity contribution is 5.91. The third kappa shape index (κ3) is 3.17. The van der Waals surface area contributed by atoms with Gasteiger partial charge >= 0.3 is 0 Å². The first kappa shape index (κ1) is 17.6. The second-order valence-electron chi connectivity index (χ2n) is 7.65. The van der Waals surface area contributed by atoms with Crippen LogP contribution in [0.1, 0.15) is 0 Å². The molecule has 0 atom stereocenters. The first-order valence-corrected chi connectivity index (χ1v) is 10.3. The van der Waals surface area contributed by atoms with Crippen LogP contribution in [0.15, 0.2) is 109 Å². The molecule has 3 heteroatoms. The van der Waals surface area contributed by atoms with Crippen molar-refractivity contribution in [1.29, 1.82) is 0 Å². The molecule has 31 heavy (non-hydrogen) atoms. The highest BCUT2D eigenvalue weighted by Crippen LogP contribution is 2.34. The number of H-pyrrole nitrogens is 1. The van der Waals surface area contributed by atoms with E-state index in [2.05, 4.69) is 94.9 Å². The van der Waals surface area contributed by atoms with Gasteiger partial charge in [0.05, 0.1) is 16.9 Å². The van der Waals surface area contributed by atoms with Gasteiger partial charge in [-0.15, -0.1) is 0 Å².